The summed E-state index contributed by atoms with van der Waals surface area (Å²) in [5, 5.41) is 3.37. The van der Waals surface area contributed by atoms with Gasteiger partial charge >= 0.3 is 0 Å². The van der Waals surface area contributed by atoms with Gasteiger partial charge in [0.1, 0.15) is 0 Å². The fraction of sp³-hybridized carbons (Fsp3) is 0.556. The lowest BCUT2D eigenvalue weighted by Gasteiger charge is -2.49. The number of benzene rings is 1. The average Bonchev–Trinajstić information content (AvgIpc) is 2.91. The topological polar surface area (TPSA) is 83.1 Å². The molecule has 2 N–H and O–H groups in total. The molecule has 0 bridgehead atoms. The van der Waals surface area contributed by atoms with Gasteiger partial charge in [-0.1, -0.05) is 5.64 Å². The third kappa shape index (κ3) is 3.01. The summed E-state index contributed by atoms with van der Waals surface area (Å²) in [4.78, 5) is 39.1. The number of carbonyl (C=O) groups is 2. The Morgan fingerprint density at radius 1 is 1.07 bits per heavy atom. The molecule has 9 heteroatoms. The molecule has 2 amide bonds. The van der Waals surface area contributed by atoms with Crippen LogP contribution in [0.15, 0.2) is 18.2 Å². The highest BCUT2D eigenvalue weighted by molar-refractivity contribution is 6.21. The summed E-state index contributed by atoms with van der Waals surface area (Å²) in [6.07, 6.45) is 2.14. The average molecular weight is 395 g/mol. The number of carbonyl (C=O) groups excluding carboxylic acids is 2. The molecule has 4 heterocycles. The van der Waals surface area contributed by atoms with E-state index in [1.54, 1.807) is 6.07 Å². The Labute approximate surface area is 163 Å². The van der Waals surface area contributed by atoms with Crippen LogP contribution in [0, 0.1) is 5.41 Å². The predicted molar refractivity (Wildman–Crippen MR) is 99.5 cm³/mol. The highest BCUT2D eigenvalue weighted by Gasteiger charge is 2.43. The number of fused-ring (bicyclic) bond motifs is 1. The number of rotatable bonds is 2. The highest BCUT2D eigenvalue weighted by Crippen LogP contribution is 2.37. The fourth-order valence-corrected chi connectivity index (χ4v) is 4.31. The maximum atomic E-state index is 12.8. The number of nitrogens with zero attached hydrogens (tertiary/aromatic N) is 2. The first-order valence-corrected chi connectivity index (χ1v) is 9.17. The number of nitrogens with one attached hydrogen (secondary N) is 2. The number of anilines is 1. The van der Waals surface area contributed by atoms with E-state index in [-0.39, 0.29) is 24.2 Å². The Bertz CT molecular complexity index is 754. The van der Waals surface area contributed by atoms with Crippen molar-refractivity contribution in [3.05, 3.63) is 29.3 Å². The molecule has 146 valence electrons. The molecular formula is C18H23ClN4O4. The van der Waals surface area contributed by atoms with Crippen molar-refractivity contribution in [3.63, 3.8) is 0 Å². The van der Waals surface area contributed by atoms with Crippen molar-refractivity contribution >= 4 is 29.9 Å². The minimum atomic E-state index is -0.638. The molecule has 5 rings (SSSR count). The van der Waals surface area contributed by atoms with E-state index in [4.69, 9.17) is 9.68 Å². The zero-order chi connectivity index (χ0) is 17.7. The van der Waals surface area contributed by atoms with Crippen molar-refractivity contribution in [2.75, 3.05) is 37.7 Å². The second-order valence-electron chi connectivity index (χ2n) is 7.59. The summed E-state index contributed by atoms with van der Waals surface area (Å²) in [6.45, 7) is 4.59. The second kappa shape index (κ2) is 7.03. The van der Waals surface area contributed by atoms with Gasteiger partial charge in [-0.15, -0.1) is 12.4 Å². The molecule has 4 aliphatic rings. The number of piperidine rings is 1. The van der Waals surface area contributed by atoms with Crippen LogP contribution in [0.2, 0.25) is 0 Å². The smallest absolute Gasteiger partial charge is 0.263 e. The van der Waals surface area contributed by atoms with Crippen molar-refractivity contribution in [3.8, 4) is 0 Å². The van der Waals surface area contributed by atoms with Crippen LogP contribution in [0.4, 0.5) is 5.69 Å². The van der Waals surface area contributed by atoms with Crippen LogP contribution >= 0.6 is 12.4 Å². The lowest BCUT2D eigenvalue weighted by molar-refractivity contribution is -0.259. The Kier molecular flexibility index (Phi) is 4.85. The van der Waals surface area contributed by atoms with Gasteiger partial charge in [0.05, 0.1) is 17.7 Å². The third-order valence-electron chi connectivity index (χ3n) is 6.09. The summed E-state index contributed by atoms with van der Waals surface area (Å²) < 4.78 is 0. The molecule has 1 unspecified atom stereocenters. The van der Waals surface area contributed by atoms with Gasteiger partial charge in [-0.25, -0.2) is 4.90 Å². The van der Waals surface area contributed by atoms with E-state index in [9.17, 15) is 9.59 Å². The molecule has 3 fully saturated rings. The van der Waals surface area contributed by atoms with Crippen molar-refractivity contribution in [2.45, 2.75) is 25.5 Å². The van der Waals surface area contributed by atoms with Crippen LogP contribution in [0.1, 0.15) is 40.0 Å². The van der Waals surface area contributed by atoms with Gasteiger partial charge in [0.2, 0.25) is 0 Å². The van der Waals surface area contributed by atoms with Crippen molar-refractivity contribution in [1.82, 2.24) is 15.9 Å². The summed E-state index contributed by atoms with van der Waals surface area (Å²) >= 11 is 0. The molecule has 0 radical (unpaired) electrons. The van der Waals surface area contributed by atoms with Gasteiger partial charge in [0, 0.05) is 38.3 Å². The molecular weight excluding hydrogens is 372 g/mol. The molecule has 0 aromatic heterocycles. The van der Waals surface area contributed by atoms with Gasteiger partial charge in [-0.05, 0) is 36.5 Å². The Morgan fingerprint density at radius 3 is 2.44 bits per heavy atom. The number of halogens is 1. The number of imide groups is 1. The first kappa shape index (κ1) is 18.6. The minimum absolute atomic E-state index is 0. The maximum Gasteiger partial charge on any atom is 0.263 e. The van der Waals surface area contributed by atoms with Gasteiger partial charge in [0.15, 0.2) is 6.23 Å². The summed E-state index contributed by atoms with van der Waals surface area (Å²) in [7, 11) is 0. The van der Waals surface area contributed by atoms with Gasteiger partial charge in [-0.3, -0.25) is 19.3 Å². The lowest BCUT2D eigenvalue weighted by atomic mass is 9.73. The first-order valence-electron chi connectivity index (χ1n) is 9.17. The molecule has 4 aliphatic heterocycles. The van der Waals surface area contributed by atoms with Crippen LogP contribution in [-0.2, 0) is 9.68 Å². The number of hydrogen-bond acceptors (Lipinski definition) is 7. The molecule has 8 nitrogen and oxygen atoms in total. The van der Waals surface area contributed by atoms with E-state index in [2.05, 4.69) is 15.9 Å². The second-order valence-corrected chi connectivity index (χ2v) is 7.59. The highest BCUT2D eigenvalue weighted by atomic mass is 35.5. The predicted octanol–water partition coefficient (Wildman–Crippen LogP) is 1.08. The van der Waals surface area contributed by atoms with E-state index >= 15 is 0 Å². The largest absolute Gasteiger partial charge is 0.371 e. The van der Waals surface area contributed by atoms with E-state index < -0.39 is 6.23 Å². The molecule has 0 aliphatic carbocycles. The zero-order valence-electron chi connectivity index (χ0n) is 14.9. The third-order valence-corrected chi connectivity index (χ3v) is 6.09. The molecule has 1 atom stereocenters. The molecule has 1 aromatic rings. The van der Waals surface area contributed by atoms with Gasteiger partial charge in [-0.2, -0.15) is 0 Å². The van der Waals surface area contributed by atoms with Crippen molar-refractivity contribution in [2.24, 2.45) is 5.41 Å². The quantitative estimate of drug-likeness (QED) is 0.726. The molecule has 0 saturated carbocycles. The van der Waals surface area contributed by atoms with Gasteiger partial charge in [0.25, 0.3) is 11.8 Å². The van der Waals surface area contributed by atoms with E-state index in [0.29, 0.717) is 29.6 Å². The molecule has 1 aromatic carbocycles. The van der Waals surface area contributed by atoms with Gasteiger partial charge < -0.3 is 10.2 Å². The molecule has 27 heavy (non-hydrogen) atoms. The number of hydrogen-bond donors (Lipinski definition) is 2. The monoisotopic (exact) mass is 394 g/mol. The molecule has 3 saturated heterocycles. The van der Waals surface area contributed by atoms with Crippen molar-refractivity contribution in [1.29, 1.82) is 0 Å². The fourth-order valence-electron chi connectivity index (χ4n) is 4.31. The summed E-state index contributed by atoms with van der Waals surface area (Å²) in [5.41, 5.74) is 4.71. The normalized spacial score (nSPS) is 26.6. The minimum Gasteiger partial charge on any atom is -0.371 e. The summed E-state index contributed by atoms with van der Waals surface area (Å²) in [6, 6.07) is 5.58. The Balaban J connectivity index is 0.00000180. The number of amides is 2. The first-order chi connectivity index (χ1) is 12.7. The Morgan fingerprint density at radius 2 is 1.81 bits per heavy atom. The van der Waals surface area contributed by atoms with E-state index in [1.807, 2.05) is 12.1 Å². The molecule has 1 spiro atoms. The van der Waals surface area contributed by atoms with Crippen LogP contribution in [0.3, 0.4) is 0 Å². The Hall–Kier alpha value is -1.71. The standard InChI is InChI=1S/C18H22N4O4.ClH/c23-16-13-2-1-12(21-6-4-18(5-7-21)10-19-11-18)9-14(13)17(24)22(16)15-3-8-25-20-26-15;/h1-2,9,15,19-20H,3-8,10-11H2;1H. The van der Waals surface area contributed by atoms with Crippen LogP contribution in [0.5, 0.6) is 0 Å². The lowest BCUT2D eigenvalue weighted by Crippen LogP contribution is -2.58. The van der Waals surface area contributed by atoms with Crippen LogP contribution < -0.4 is 15.9 Å². The van der Waals surface area contributed by atoms with Crippen LogP contribution in [-0.4, -0.2) is 55.7 Å². The van der Waals surface area contributed by atoms with Crippen molar-refractivity contribution < 1.29 is 19.3 Å². The van der Waals surface area contributed by atoms with Crippen LogP contribution in [0.25, 0.3) is 0 Å². The SMILES string of the molecule is Cl.O=C1c2ccc(N3CCC4(CC3)CNC4)cc2C(=O)N1C1CCONO1. The summed E-state index contributed by atoms with van der Waals surface area (Å²) in [5.74, 6) is -0.597. The van der Waals surface area contributed by atoms with E-state index in [1.165, 1.54) is 4.90 Å². The maximum absolute atomic E-state index is 12.8. The zero-order valence-corrected chi connectivity index (χ0v) is 15.7. The van der Waals surface area contributed by atoms with E-state index in [0.717, 1.165) is 44.7 Å².